The van der Waals surface area contributed by atoms with E-state index < -0.39 is 5.97 Å². The maximum atomic E-state index is 13.5. The first-order chi connectivity index (χ1) is 9.56. The number of carboxylic acids is 1. The van der Waals surface area contributed by atoms with Crippen LogP contribution in [0.15, 0.2) is 24.3 Å². The van der Waals surface area contributed by atoms with Gasteiger partial charge in [-0.25, -0.2) is 9.18 Å². The summed E-state index contributed by atoms with van der Waals surface area (Å²) in [6.45, 7) is 2.50. The van der Waals surface area contributed by atoms with E-state index in [1.165, 1.54) is 18.2 Å². The first-order valence-corrected chi connectivity index (χ1v) is 6.60. The Labute approximate surface area is 117 Å². The van der Waals surface area contributed by atoms with E-state index in [1.807, 2.05) is 0 Å². The Hall–Kier alpha value is -1.72. The fourth-order valence-corrected chi connectivity index (χ4v) is 2.49. The molecule has 1 aromatic carbocycles. The molecule has 0 amide bonds. The van der Waals surface area contributed by atoms with E-state index in [4.69, 9.17) is 10.2 Å². The SMILES string of the molecule is O=C(O)/C=C/c1cc(F)cc(CN2CCC(CO)C2)c1. The number of rotatable bonds is 5. The number of aliphatic hydroxyl groups excluding tert-OH is 1. The molecule has 0 saturated carbocycles. The van der Waals surface area contributed by atoms with Crippen molar-refractivity contribution >= 4 is 12.0 Å². The summed E-state index contributed by atoms with van der Waals surface area (Å²) in [6.07, 6.45) is 3.34. The second-order valence-corrected chi connectivity index (χ2v) is 5.14. The topological polar surface area (TPSA) is 60.8 Å². The zero-order chi connectivity index (χ0) is 14.5. The van der Waals surface area contributed by atoms with Crippen molar-refractivity contribution < 1.29 is 19.4 Å². The molecule has 1 aliphatic rings. The Morgan fingerprint density at radius 2 is 2.25 bits per heavy atom. The molecule has 0 radical (unpaired) electrons. The van der Waals surface area contributed by atoms with E-state index in [1.54, 1.807) is 6.07 Å². The van der Waals surface area contributed by atoms with Crippen LogP contribution in [0.25, 0.3) is 6.08 Å². The normalized spacial score (nSPS) is 19.8. The van der Waals surface area contributed by atoms with Gasteiger partial charge in [-0.2, -0.15) is 0 Å². The van der Waals surface area contributed by atoms with Gasteiger partial charge in [-0.3, -0.25) is 4.90 Å². The van der Waals surface area contributed by atoms with Gasteiger partial charge in [0, 0.05) is 25.8 Å². The summed E-state index contributed by atoms with van der Waals surface area (Å²) < 4.78 is 13.5. The first kappa shape index (κ1) is 14.7. The number of halogens is 1. The van der Waals surface area contributed by atoms with Gasteiger partial charge in [0.1, 0.15) is 5.82 Å². The smallest absolute Gasteiger partial charge is 0.328 e. The highest BCUT2D eigenvalue weighted by Crippen LogP contribution is 2.19. The molecule has 1 fully saturated rings. The van der Waals surface area contributed by atoms with Crippen LogP contribution in [0.2, 0.25) is 0 Å². The summed E-state index contributed by atoms with van der Waals surface area (Å²) in [7, 11) is 0. The van der Waals surface area contributed by atoms with Gasteiger partial charge in [-0.15, -0.1) is 0 Å². The Morgan fingerprint density at radius 1 is 1.45 bits per heavy atom. The molecule has 20 heavy (non-hydrogen) atoms. The lowest BCUT2D eigenvalue weighted by molar-refractivity contribution is -0.131. The van der Waals surface area contributed by atoms with Gasteiger partial charge < -0.3 is 10.2 Å². The predicted octanol–water partition coefficient (Wildman–Crippen LogP) is 1.74. The minimum absolute atomic E-state index is 0.187. The molecule has 1 saturated heterocycles. The van der Waals surface area contributed by atoms with Gasteiger partial charge in [-0.05, 0) is 48.2 Å². The zero-order valence-electron chi connectivity index (χ0n) is 11.1. The number of carbonyl (C=O) groups is 1. The van der Waals surface area contributed by atoms with Crippen molar-refractivity contribution in [2.45, 2.75) is 13.0 Å². The van der Waals surface area contributed by atoms with Crippen LogP contribution in [-0.2, 0) is 11.3 Å². The molecular formula is C15H18FNO3. The molecule has 0 aliphatic carbocycles. The quantitative estimate of drug-likeness (QED) is 0.806. The third-order valence-electron chi connectivity index (χ3n) is 3.43. The van der Waals surface area contributed by atoms with Crippen molar-refractivity contribution in [3.05, 3.63) is 41.2 Å². The molecule has 1 aromatic rings. The van der Waals surface area contributed by atoms with E-state index in [-0.39, 0.29) is 12.4 Å². The van der Waals surface area contributed by atoms with Gasteiger partial charge in [-0.1, -0.05) is 6.07 Å². The first-order valence-electron chi connectivity index (χ1n) is 6.60. The predicted molar refractivity (Wildman–Crippen MR) is 73.5 cm³/mol. The van der Waals surface area contributed by atoms with E-state index in [0.29, 0.717) is 18.0 Å². The lowest BCUT2D eigenvalue weighted by Gasteiger charge is -2.16. The lowest BCUT2D eigenvalue weighted by Crippen LogP contribution is -2.21. The number of hydrogen-bond acceptors (Lipinski definition) is 3. The van der Waals surface area contributed by atoms with E-state index in [2.05, 4.69) is 4.90 Å². The number of nitrogens with zero attached hydrogens (tertiary/aromatic N) is 1. The molecule has 2 rings (SSSR count). The van der Waals surface area contributed by atoms with Crippen molar-refractivity contribution in [1.29, 1.82) is 0 Å². The molecule has 0 bridgehead atoms. The number of aliphatic carboxylic acids is 1. The van der Waals surface area contributed by atoms with Crippen LogP contribution in [0.3, 0.4) is 0 Å². The molecule has 0 spiro atoms. The van der Waals surface area contributed by atoms with Gasteiger partial charge in [0.2, 0.25) is 0 Å². The number of carboxylic acid groups (broad SMARTS) is 1. The Balaban J connectivity index is 2.06. The number of aliphatic hydroxyl groups is 1. The molecular weight excluding hydrogens is 261 g/mol. The average molecular weight is 279 g/mol. The summed E-state index contributed by atoms with van der Waals surface area (Å²) in [5.74, 6) is -1.12. The van der Waals surface area contributed by atoms with Crippen LogP contribution in [0.1, 0.15) is 17.5 Å². The molecule has 2 N–H and O–H groups in total. The van der Waals surface area contributed by atoms with Crippen LogP contribution in [-0.4, -0.2) is 40.8 Å². The Kier molecular flexibility index (Phi) is 4.87. The zero-order valence-corrected chi connectivity index (χ0v) is 11.1. The van der Waals surface area contributed by atoms with Crippen LogP contribution < -0.4 is 0 Å². The highest BCUT2D eigenvalue weighted by atomic mass is 19.1. The molecule has 5 heteroatoms. The maximum absolute atomic E-state index is 13.5. The van der Waals surface area contributed by atoms with Crippen molar-refractivity contribution in [1.82, 2.24) is 4.90 Å². The van der Waals surface area contributed by atoms with Crippen LogP contribution in [0.5, 0.6) is 0 Å². The Morgan fingerprint density at radius 3 is 2.90 bits per heavy atom. The van der Waals surface area contributed by atoms with Gasteiger partial charge in [0.25, 0.3) is 0 Å². The van der Waals surface area contributed by atoms with Crippen molar-refractivity contribution in [3.63, 3.8) is 0 Å². The standard InChI is InChI=1S/C15H18FNO3/c16-14-6-11(1-2-15(19)20)5-13(7-14)9-17-4-3-12(8-17)10-18/h1-2,5-7,12,18H,3-4,8-10H2,(H,19,20)/b2-1+. The van der Waals surface area contributed by atoms with Gasteiger partial charge in [0.15, 0.2) is 0 Å². The number of likely N-dealkylation sites (tertiary alicyclic amines) is 1. The third kappa shape index (κ3) is 4.15. The minimum Gasteiger partial charge on any atom is -0.478 e. The monoisotopic (exact) mass is 279 g/mol. The van der Waals surface area contributed by atoms with Gasteiger partial charge >= 0.3 is 5.97 Å². The maximum Gasteiger partial charge on any atom is 0.328 e. The highest BCUT2D eigenvalue weighted by Gasteiger charge is 2.21. The molecule has 1 atom stereocenters. The number of hydrogen-bond donors (Lipinski definition) is 2. The van der Waals surface area contributed by atoms with Crippen molar-refractivity contribution in [2.24, 2.45) is 5.92 Å². The molecule has 1 aliphatic heterocycles. The van der Waals surface area contributed by atoms with E-state index >= 15 is 0 Å². The molecule has 1 heterocycles. The fourth-order valence-electron chi connectivity index (χ4n) is 2.49. The summed E-state index contributed by atoms with van der Waals surface area (Å²) in [5.41, 5.74) is 1.36. The second kappa shape index (κ2) is 6.63. The van der Waals surface area contributed by atoms with E-state index in [0.717, 1.165) is 31.1 Å². The summed E-state index contributed by atoms with van der Waals surface area (Å²) in [5, 5.41) is 17.7. The highest BCUT2D eigenvalue weighted by molar-refractivity contribution is 5.85. The lowest BCUT2D eigenvalue weighted by atomic mass is 10.1. The van der Waals surface area contributed by atoms with Crippen LogP contribution in [0, 0.1) is 11.7 Å². The fraction of sp³-hybridized carbons (Fsp3) is 0.400. The summed E-state index contributed by atoms with van der Waals surface area (Å²) >= 11 is 0. The molecule has 0 aromatic heterocycles. The third-order valence-corrected chi connectivity index (χ3v) is 3.43. The number of benzene rings is 1. The van der Waals surface area contributed by atoms with Crippen molar-refractivity contribution in [3.8, 4) is 0 Å². The Bertz CT molecular complexity index is 516. The van der Waals surface area contributed by atoms with Crippen LogP contribution >= 0.6 is 0 Å². The molecule has 1 unspecified atom stereocenters. The average Bonchev–Trinajstić information content (AvgIpc) is 2.83. The van der Waals surface area contributed by atoms with Gasteiger partial charge in [0.05, 0.1) is 0 Å². The molecule has 4 nitrogen and oxygen atoms in total. The largest absolute Gasteiger partial charge is 0.478 e. The molecule has 108 valence electrons. The summed E-state index contributed by atoms with van der Waals surface area (Å²) in [4.78, 5) is 12.6. The second-order valence-electron chi connectivity index (χ2n) is 5.14. The van der Waals surface area contributed by atoms with E-state index in [9.17, 15) is 9.18 Å². The van der Waals surface area contributed by atoms with Crippen LogP contribution in [0.4, 0.5) is 4.39 Å². The summed E-state index contributed by atoms with van der Waals surface area (Å²) in [6, 6.07) is 4.56. The van der Waals surface area contributed by atoms with Crippen molar-refractivity contribution in [2.75, 3.05) is 19.7 Å². The minimum atomic E-state index is -1.05.